The zero-order chi connectivity index (χ0) is 27.8. The molecule has 0 heterocycles. The number of carbonyl (C=O) groups is 4. The smallest absolute Gasteiger partial charge is 0.303 e. The number of benzene rings is 1. The van der Waals surface area contributed by atoms with Gasteiger partial charge in [0.05, 0.1) is 6.61 Å². The molecule has 0 bridgehead atoms. The van der Waals surface area contributed by atoms with Gasteiger partial charge in [0, 0.05) is 38.5 Å². The van der Waals surface area contributed by atoms with E-state index in [1.807, 2.05) is 25.1 Å². The highest BCUT2D eigenvalue weighted by atomic mass is 32.2. The van der Waals surface area contributed by atoms with Crippen LogP contribution in [0.2, 0.25) is 0 Å². The minimum Gasteiger partial charge on any atom is -0.465 e. The highest BCUT2D eigenvalue weighted by molar-refractivity contribution is 7.99. The minimum atomic E-state index is -1.40. The first-order chi connectivity index (χ1) is 16.5. The topological polar surface area (TPSA) is 125 Å². The summed E-state index contributed by atoms with van der Waals surface area (Å²) in [6.07, 6.45) is -3.97. The molecule has 1 aromatic carbocycles. The van der Waals surface area contributed by atoms with Crippen LogP contribution in [0.15, 0.2) is 23.1 Å². The van der Waals surface area contributed by atoms with Crippen LogP contribution in [0.4, 0.5) is 0 Å². The number of esters is 4. The van der Waals surface area contributed by atoms with Crippen molar-refractivity contribution in [3.63, 3.8) is 0 Å². The van der Waals surface area contributed by atoms with Crippen LogP contribution in [0.25, 0.3) is 0 Å². The highest BCUT2D eigenvalue weighted by Gasteiger charge is 2.44. The summed E-state index contributed by atoms with van der Waals surface area (Å²) in [4.78, 5) is 48.1. The molecule has 5 atom stereocenters. The van der Waals surface area contributed by atoms with Crippen molar-refractivity contribution < 1.29 is 43.2 Å². The quantitative estimate of drug-likeness (QED) is 0.197. The average molecular weight is 527 g/mol. The maximum Gasteiger partial charge on any atom is 0.303 e. The van der Waals surface area contributed by atoms with Crippen molar-refractivity contribution in [2.45, 2.75) is 96.4 Å². The van der Waals surface area contributed by atoms with Crippen LogP contribution in [0.5, 0.6) is 0 Å². The van der Waals surface area contributed by atoms with E-state index in [9.17, 15) is 24.3 Å². The Bertz CT molecular complexity index is 938. The molecule has 0 aliphatic heterocycles. The lowest BCUT2D eigenvalue weighted by Crippen LogP contribution is -2.52. The zero-order valence-corrected chi connectivity index (χ0v) is 23.3. The molecule has 10 heteroatoms. The van der Waals surface area contributed by atoms with E-state index in [1.165, 1.54) is 13.8 Å². The lowest BCUT2D eigenvalue weighted by molar-refractivity contribution is -0.194. The molecule has 1 rings (SSSR count). The Kier molecular flexibility index (Phi) is 11.9. The Morgan fingerprint density at radius 1 is 0.861 bits per heavy atom. The molecule has 36 heavy (non-hydrogen) atoms. The fourth-order valence-corrected chi connectivity index (χ4v) is 4.48. The molecule has 5 unspecified atom stereocenters. The minimum absolute atomic E-state index is 0.143. The molecular weight excluding hydrogens is 488 g/mol. The second kappa shape index (κ2) is 13.6. The van der Waals surface area contributed by atoms with Gasteiger partial charge in [-0.25, -0.2) is 0 Å². The van der Waals surface area contributed by atoms with Gasteiger partial charge in [-0.1, -0.05) is 51.6 Å². The molecule has 9 nitrogen and oxygen atoms in total. The summed E-state index contributed by atoms with van der Waals surface area (Å²) >= 11 is 1.03. The van der Waals surface area contributed by atoms with Gasteiger partial charge in [-0.3, -0.25) is 19.2 Å². The maximum absolute atomic E-state index is 12.0. The number of hydrogen-bond donors (Lipinski definition) is 1. The number of aliphatic hydroxyl groups is 1. The summed E-state index contributed by atoms with van der Waals surface area (Å²) < 4.78 is 21.4. The second-order valence-corrected chi connectivity index (χ2v) is 10.9. The lowest BCUT2D eigenvalue weighted by atomic mass is 9.87. The fraction of sp³-hybridized carbons (Fsp3) is 0.615. The predicted molar refractivity (Wildman–Crippen MR) is 134 cm³/mol. The Balaban J connectivity index is 3.47. The van der Waals surface area contributed by atoms with Crippen molar-refractivity contribution in [3.8, 4) is 0 Å². The van der Waals surface area contributed by atoms with Crippen LogP contribution in [-0.2, 0) is 43.5 Å². The Hall–Kier alpha value is -2.59. The molecule has 0 aliphatic carbocycles. The fourth-order valence-electron chi connectivity index (χ4n) is 3.42. The van der Waals surface area contributed by atoms with Crippen LogP contribution >= 0.6 is 11.8 Å². The number of aliphatic hydroxyl groups excluding tert-OH is 1. The van der Waals surface area contributed by atoms with Gasteiger partial charge >= 0.3 is 23.9 Å². The number of carbonyl (C=O) groups excluding carboxylic acids is 4. The van der Waals surface area contributed by atoms with E-state index >= 15 is 0 Å². The second-order valence-electron chi connectivity index (χ2n) is 9.74. The van der Waals surface area contributed by atoms with E-state index < -0.39 is 53.5 Å². The number of hydrogen-bond acceptors (Lipinski definition) is 10. The van der Waals surface area contributed by atoms with Crippen molar-refractivity contribution >= 4 is 35.6 Å². The van der Waals surface area contributed by atoms with E-state index in [0.717, 1.165) is 41.6 Å². The van der Waals surface area contributed by atoms with Gasteiger partial charge in [-0.2, -0.15) is 0 Å². The molecule has 0 fully saturated rings. The van der Waals surface area contributed by atoms with Gasteiger partial charge in [0.25, 0.3) is 0 Å². The lowest BCUT2D eigenvalue weighted by Gasteiger charge is -2.36. The third-order valence-electron chi connectivity index (χ3n) is 5.25. The predicted octanol–water partition coefficient (Wildman–Crippen LogP) is 3.70. The molecule has 0 saturated carbocycles. The monoisotopic (exact) mass is 526 g/mol. The number of ether oxygens (including phenoxy) is 4. The molecule has 0 radical (unpaired) electrons. The molecule has 202 valence electrons. The number of aryl methyl sites for hydroxylation is 1. The summed E-state index contributed by atoms with van der Waals surface area (Å²) in [5, 5.41) is 11.3. The average Bonchev–Trinajstić information content (AvgIpc) is 2.73. The van der Waals surface area contributed by atoms with Crippen LogP contribution in [0, 0.1) is 12.8 Å². The standard InChI is InChI=1S/C26H38O9S/c1-14-10-11-20(26(7,8)9)12-21(14)36-25(31)24(35-19(6)30)23(34-18(5)29)22(33-17(4)28)15(2)13-32-16(3)27/h10-12,15,22-25,31H,13H2,1-9H3. The van der Waals surface area contributed by atoms with E-state index in [1.54, 1.807) is 6.92 Å². The van der Waals surface area contributed by atoms with Gasteiger partial charge in [0.2, 0.25) is 0 Å². The van der Waals surface area contributed by atoms with E-state index in [4.69, 9.17) is 18.9 Å². The molecule has 0 spiro atoms. The summed E-state index contributed by atoms with van der Waals surface area (Å²) in [6.45, 7) is 14.2. The zero-order valence-electron chi connectivity index (χ0n) is 22.4. The summed E-state index contributed by atoms with van der Waals surface area (Å²) in [7, 11) is 0. The van der Waals surface area contributed by atoms with Gasteiger partial charge < -0.3 is 24.1 Å². The summed E-state index contributed by atoms with van der Waals surface area (Å²) in [5.41, 5.74) is 0.385. The first-order valence-electron chi connectivity index (χ1n) is 11.6. The number of rotatable bonds is 11. The molecule has 1 N–H and O–H groups in total. The first-order valence-corrected chi connectivity index (χ1v) is 12.5. The molecule has 0 aliphatic rings. The maximum atomic E-state index is 12.0. The van der Waals surface area contributed by atoms with Crippen molar-refractivity contribution in [2.24, 2.45) is 5.92 Å². The number of thioether (sulfide) groups is 1. The molecule has 1 aromatic rings. The van der Waals surface area contributed by atoms with Crippen molar-refractivity contribution in [2.75, 3.05) is 6.61 Å². The third-order valence-corrected chi connectivity index (χ3v) is 6.45. The van der Waals surface area contributed by atoms with E-state index in [2.05, 4.69) is 20.8 Å². The Morgan fingerprint density at radius 2 is 1.36 bits per heavy atom. The highest BCUT2D eigenvalue weighted by Crippen LogP contribution is 2.35. The third kappa shape index (κ3) is 10.2. The largest absolute Gasteiger partial charge is 0.465 e. The van der Waals surface area contributed by atoms with Gasteiger partial charge in [-0.05, 0) is 29.5 Å². The molecule has 0 amide bonds. The van der Waals surface area contributed by atoms with Crippen molar-refractivity contribution in [1.82, 2.24) is 0 Å². The van der Waals surface area contributed by atoms with E-state index in [0.29, 0.717) is 0 Å². The Morgan fingerprint density at radius 3 is 1.83 bits per heavy atom. The molecular formula is C26H38O9S. The molecule has 0 aromatic heterocycles. The summed E-state index contributed by atoms with van der Waals surface area (Å²) in [6, 6.07) is 5.88. The van der Waals surface area contributed by atoms with Gasteiger partial charge in [0.15, 0.2) is 12.2 Å². The van der Waals surface area contributed by atoms with Crippen LogP contribution in [0.3, 0.4) is 0 Å². The Labute approximate surface area is 217 Å². The van der Waals surface area contributed by atoms with Crippen LogP contribution in [0.1, 0.15) is 66.5 Å². The SMILES string of the molecule is CC(=O)OCC(C)C(OC(C)=O)C(OC(C)=O)C(OC(C)=O)C(O)Sc1cc(C(C)(C)C)ccc1C. The van der Waals surface area contributed by atoms with Crippen LogP contribution in [-0.4, -0.2) is 59.3 Å². The van der Waals surface area contributed by atoms with Crippen molar-refractivity contribution in [3.05, 3.63) is 29.3 Å². The summed E-state index contributed by atoms with van der Waals surface area (Å²) in [5.74, 6) is -3.37. The van der Waals surface area contributed by atoms with Crippen LogP contribution < -0.4 is 0 Å². The van der Waals surface area contributed by atoms with Crippen molar-refractivity contribution in [1.29, 1.82) is 0 Å². The van der Waals surface area contributed by atoms with Gasteiger partial charge in [-0.15, -0.1) is 0 Å². The van der Waals surface area contributed by atoms with E-state index in [-0.39, 0.29) is 12.0 Å². The normalized spacial score (nSPS) is 15.6. The first kappa shape index (κ1) is 31.4. The molecule has 0 saturated heterocycles. The van der Waals surface area contributed by atoms with Gasteiger partial charge in [0.1, 0.15) is 11.5 Å².